The van der Waals surface area contributed by atoms with Crippen LogP contribution in [0.3, 0.4) is 0 Å². The highest BCUT2D eigenvalue weighted by Crippen LogP contribution is 2.36. The fourth-order valence-corrected chi connectivity index (χ4v) is 4.89. The number of halogens is 2. The van der Waals surface area contributed by atoms with Crippen molar-refractivity contribution in [3.05, 3.63) is 59.2 Å². The van der Waals surface area contributed by atoms with Gasteiger partial charge in [-0.3, -0.25) is 4.68 Å². The normalized spacial score (nSPS) is 20.1. The van der Waals surface area contributed by atoms with Crippen LogP contribution in [0, 0.1) is 18.6 Å². The van der Waals surface area contributed by atoms with Gasteiger partial charge in [-0.1, -0.05) is 13.3 Å². The van der Waals surface area contributed by atoms with E-state index in [0.717, 1.165) is 48.7 Å². The molecule has 37 heavy (non-hydrogen) atoms. The van der Waals surface area contributed by atoms with Crippen molar-refractivity contribution in [2.45, 2.75) is 64.7 Å². The van der Waals surface area contributed by atoms with Crippen LogP contribution in [0.2, 0.25) is 0 Å². The lowest BCUT2D eigenvalue weighted by Crippen LogP contribution is -2.43. The number of aryl methyl sites for hydroxylation is 2. The molecule has 1 aliphatic heterocycles. The van der Waals surface area contributed by atoms with Crippen LogP contribution in [-0.4, -0.2) is 48.9 Å². The zero-order valence-electron chi connectivity index (χ0n) is 21.2. The second kappa shape index (κ2) is 9.41. The quantitative estimate of drug-likeness (QED) is 0.360. The number of fused-ring (bicyclic) bond motifs is 1. The van der Waals surface area contributed by atoms with E-state index in [-0.39, 0.29) is 17.8 Å². The van der Waals surface area contributed by atoms with Crippen LogP contribution in [-0.2, 0) is 11.2 Å². The molecule has 4 aromatic rings. The molecule has 8 nitrogen and oxygen atoms in total. The molecule has 1 aliphatic carbocycles. The Morgan fingerprint density at radius 2 is 1.92 bits per heavy atom. The van der Waals surface area contributed by atoms with Crippen molar-refractivity contribution < 1.29 is 13.5 Å². The molecule has 1 saturated heterocycles. The van der Waals surface area contributed by atoms with E-state index in [1.165, 1.54) is 12.1 Å². The molecule has 0 radical (unpaired) electrons. The number of anilines is 1. The largest absolute Gasteiger partial charge is 0.367 e. The van der Waals surface area contributed by atoms with Crippen molar-refractivity contribution in [3.63, 3.8) is 0 Å². The second-order valence-electron chi connectivity index (χ2n) is 10.00. The third kappa shape index (κ3) is 4.66. The predicted octanol–water partition coefficient (Wildman–Crippen LogP) is 5.12. The van der Waals surface area contributed by atoms with Gasteiger partial charge in [0.05, 0.1) is 36.3 Å². The summed E-state index contributed by atoms with van der Waals surface area (Å²) in [6, 6.07) is 3.97. The molecule has 0 amide bonds. The first kappa shape index (κ1) is 23.8. The summed E-state index contributed by atoms with van der Waals surface area (Å²) in [5.74, 6) is -0.936. The minimum atomic E-state index is -0.705. The summed E-state index contributed by atoms with van der Waals surface area (Å²) in [6.07, 6.45) is 7.61. The van der Waals surface area contributed by atoms with Crippen LogP contribution in [0.15, 0.2) is 30.6 Å². The number of rotatable bonds is 6. The van der Waals surface area contributed by atoms with E-state index in [2.05, 4.69) is 18.2 Å². The standard InChI is InChI=1S/C27H29F2N7O/c1-4-5-22-16(3)31-25-24(20-9-6-18(28)10-21(20)29)33-27(34-26(25)32-22)35-12-15(2)37-23(14-35)17-11-30-36(13-17)19-7-8-19/h6,9-11,13,15,19,23H,4-5,7-8,12,14H2,1-3H3/t15-,23-/m0/s1. The summed E-state index contributed by atoms with van der Waals surface area (Å²) in [6.45, 7) is 7.04. The van der Waals surface area contributed by atoms with Crippen molar-refractivity contribution in [1.82, 2.24) is 29.7 Å². The van der Waals surface area contributed by atoms with Gasteiger partial charge in [0.2, 0.25) is 5.95 Å². The smallest absolute Gasteiger partial charge is 0.228 e. The Kier molecular flexibility index (Phi) is 6.06. The lowest BCUT2D eigenvalue weighted by atomic mass is 10.1. The number of benzene rings is 1. The monoisotopic (exact) mass is 505 g/mol. The Labute approximate surface area is 213 Å². The minimum absolute atomic E-state index is 0.0897. The molecule has 10 heteroatoms. The molecule has 3 aromatic heterocycles. The van der Waals surface area contributed by atoms with Gasteiger partial charge in [-0.05, 0) is 45.2 Å². The van der Waals surface area contributed by atoms with Gasteiger partial charge in [-0.25, -0.2) is 23.7 Å². The minimum Gasteiger partial charge on any atom is -0.367 e. The molecular weight excluding hydrogens is 476 g/mol. The van der Waals surface area contributed by atoms with Crippen molar-refractivity contribution in [2.24, 2.45) is 0 Å². The Bertz CT molecular complexity index is 1470. The zero-order chi connectivity index (χ0) is 25.7. The summed E-state index contributed by atoms with van der Waals surface area (Å²) in [5.41, 5.74) is 3.87. The number of hydrogen-bond donors (Lipinski definition) is 0. The summed E-state index contributed by atoms with van der Waals surface area (Å²) in [5, 5.41) is 4.52. The summed E-state index contributed by atoms with van der Waals surface area (Å²) in [7, 11) is 0. The zero-order valence-corrected chi connectivity index (χ0v) is 21.2. The van der Waals surface area contributed by atoms with Crippen LogP contribution < -0.4 is 4.90 Å². The summed E-state index contributed by atoms with van der Waals surface area (Å²) in [4.78, 5) is 21.1. The van der Waals surface area contributed by atoms with Gasteiger partial charge < -0.3 is 9.64 Å². The average molecular weight is 506 g/mol. The van der Waals surface area contributed by atoms with Crippen molar-refractivity contribution >= 4 is 17.1 Å². The number of nitrogens with zero attached hydrogens (tertiary/aromatic N) is 7. The first-order valence-corrected chi connectivity index (χ1v) is 12.8. The lowest BCUT2D eigenvalue weighted by molar-refractivity contribution is -0.0178. The fraction of sp³-hybridized carbons (Fsp3) is 0.444. The maximum atomic E-state index is 15.0. The molecule has 0 N–H and O–H groups in total. The number of hydrogen-bond acceptors (Lipinski definition) is 7. The number of aromatic nitrogens is 6. The molecule has 6 rings (SSSR count). The highest BCUT2D eigenvalue weighted by atomic mass is 19.1. The molecule has 1 saturated carbocycles. The molecule has 2 atom stereocenters. The Morgan fingerprint density at radius 1 is 1.08 bits per heavy atom. The van der Waals surface area contributed by atoms with Crippen LogP contribution in [0.5, 0.6) is 0 Å². The Hall–Kier alpha value is -3.53. The SMILES string of the molecule is CCCc1nc2nc(N3C[C@@H](c4cnn(C5CC5)c4)O[C@@H](C)C3)nc(-c3ccc(F)cc3F)c2nc1C. The highest BCUT2D eigenvalue weighted by molar-refractivity contribution is 5.88. The maximum absolute atomic E-state index is 15.0. The van der Waals surface area contributed by atoms with Crippen LogP contribution in [0.1, 0.15) is 62.2 Å². The molecule has 2 fully saturated rings. The first-order chi connectivity index (χ1) is 17.9. The van der Waals surface area contributed by atoms with Crippen LogP contribution in [0.25, 0.3) is 22.4 Å². The van der Waals surface area contributed by atoms with Crippen molar-refractivity contribution in [2.75, 3.05) is 18.0 Å². The molecule has 2 aliphatic rings. The van der Waals surface area contributed by atoms with E-state index in [9.17, 15) is 8.78 Å². The van der Waals surface area contributed by atoms with Gasteiger partial charge in [0.15, 0.2) is 5.65 Å². The van der Waals surface area contributed by atoms with Crippen LogP contribution in [0.4, 0.5) is 14.7 Å². The Morgan fingerprint density at radius 3 is 2.68 bits per heavy atom. The van der Waals surface area contributed by atoms with Gasteiger partial charge in [-0.15, -0.1) is 0 Å². The van der Waals surface area contributed by atoms with E-state index in [4.69, 9.17) is 24.7 Å². The number of ether oxygens (including phenoxy) is 1. The second-order valence-corrected chi connectivity index (χ2v) is 10.00. The summed E-state index contributed by atoms with van der Waals surface area (Å²) < 4.78 is 37.0. The Balaban J connectivity index is 1.44. The first-order valence-electron chi connectivity index (χ1n) is 12.8. The molecule has 1 aromatic carbocycles. The summed E-state index contributed by atoms with van der Waals surface area (Å²) >= 11 is 0. The molecular formula is C27H29F2N7O. The van der Waals surface area contributed by atoms with Gasteiger partial charge in [0.1, 0.15) is 28.9 Å². The van der Waals surface area contributed by atoms with E-state index < -0.39 is 11.6 Å². The van der Waals surface area contributed by atoms with Gasteiger partial charge in [-0.2, -0.15) is 10.1 Å². The van der Waals surface area contributed by atoms with Gasteiger partial charge in [0, 0.05) is 29.9 Å². The molecule has 0 spiro atoms. The third-order valence-corrected chi connectivity index (χ3v) is 6.92. The number of morpholine rings is 1. The molecule has 0 unspecified atom stereocenters. The predicted molar refractivity (Wildman–Crippen MR) is 135 cm³/mol. The van der Waals surface area contributed by atoms with Gasteiger partial charge >= 0.3 is 0 Å². The van der Waals surface area contributed by atoms with Crippen molar-refractivity contribution in [3.8, 4) is 11.3 Å². The fourth-order valence-electron chi connectivity index (χ4n) is 4.89. The van der Waals surface area contributed by atoms with Crippen LogP contribution >= 0.6 is 0 Å². The van der Waals surface area contributed by atoms with E-state index in [1.807, 2.05) is 29.6 Å². The molecule has 0 bridgehead atoms. The van der Waals surface area contributed by atoms with Gasteiger partial charge in [0.25, 0.3) is 0 Å². The van der Waals surface area contributed by atoms with Crippen molar-refractivity contribution in [1.29, 1.82) is 0 Å². The average Bonchev–Trinajstić information content (AvgIpc) is 3.60. The third-order valence-electron chi connectivity index (χ3n) is 6.92. The topological polar surface area (TPSA) is 81.9 Å². The maximum Gasteiger partial charge on any atom is 0.228 e. The van der Waals surface area contributed by atoms with E-state index >= 15 is 0 Å². The van der Waals surface area contributed by atoms with E-state index in [1.54, 1.807) is 0 Å². The lowest BCUT2D eigenvalue weighted by Gasteiger charge is -2.36. The molecule has 192 valence electrons. The van der Waals surface area contributed by atoms with E-state index in [0.29, 0.717) is 41.9 Å². The highest BCUT2D eigenvalue weighted by Gasteiger charge is 2.32. The molecule has 4 heterocycles.